The minimum atomic E-state index is -5.02. The van der Waals surface area contributed by atoms with Crippen molar-refractivity contribution in [3.05, 3.63) is 44.4 Å². The summed E-state index contributed by atoms with van der Waals surface area (Å²) in [6.45, 7) is 2.82. The molecule has 3 rings (SSSR count). The molecule has 2 N–H and O–H groups in total. The summed E-state index contributed by atoms with van der Waals surface area (Å²) in [7, 11) is 0. The maximum Gasteiger partial charge on any atom is 0.418 e. The number of aromatic nitrogens is 1. The van der Waals surface area contributed by atoms with Crippen LogP contribution >= 0.6 is 22.9 Å². The maximum atomic E-state index is 14.0. The lowest BCUT2D eigenvalue weighted by Crippen LogP contribution is -2.52. The number of rotatable bonds is 5. The van der Waals surface area contributed by atoms with Crippen molar-refractivity contribution in [2.45, 2.75) is 38.0 Å². The van der Waals surface area contributed by atoms with Crippen molar-refractivity contribution in [1.29, 1.82) is 0 Å². The molecular formula is C17H17ClF3NO4S. The summed E-state index contributed by atoms with van der Waals surface area (Å²) in [5.74, 6) is -2.54. The van der Waals surface area contributed by atoms with Crippen LogP contribution in [0.25, 0.3) is 10.2 Å². The third-order valence-electron chi connectivity index (χ3n) is 4.33. The Morgan fingerprint density at radius 1 is 1.41 bits per heavy atom. The van der Waals surface area contributed by atoms with Crippen LogP contribution in [-0.2, 0) is 9.47 Å². The number of ether oxygens (including phenoxy) is 2. The smallest absolute Gasteiger partial charge is 0.418 e. The summed E-state index contributed by atoms with van der Waals surface area (Å²) < 4.78 is 52.5. The summed E-state index contributed by atoms with van der Waals surface area (Å²) in [4.78, 5) is 15.3. The molecule has 2 aromatic heterocycles. The number of halogens is 4. The van der Waals surface area contributed by atoms with Gasteiger partial charge in [-0.25, -0.2) is 0 Å². The first-order valence-electron chi connectivity index (χ1n) is 8.08. The van der Waals surface area contributed by atoms with E-state index >= 15 is 0 Å². The minimum absolute atomic E-state index is 0.248. The molecule has 5 nitrogen and oxygen atoms in total. The van der Waals surface area contributed by atoms with Crippen LogP contribution in [0.2, 0.25) is 5.02 Å². The zero-order valence-electron chi connectivity index (χ0n) is 14.4. The first-order chi connectivity index (χ1) is 12.6. The number of pyridine rings is 1. The number of H-pyrrole nitrogens is 1. The van der Waals surface area contributed by atoms with Crippen LogP contribution in [0.5, 0.6) is 0 Å². The lowest BCUT2D eigenvalue weighted by atomic mass is 9.77. The fraction of sp³-hybridized carbons (Fsp3) is 0.471. The molecule has 0 spiro atoms. The van der Waals surface area contributed by atoms with E-state index in [1.165, 1.54) is 0 Å². The zero-order chi connectivity index (χ0) is 20.0. The second-order valence-electron chi connectivity index (χ2n) is 6.75. The topological polar surface area (TPSA) is 71.5 Å². The van der Waals surface area contributed by atoms with E-state index in [0.29, 0.717) is 10.2 Å². The van der Waals surface area contributed by atoms with E-state index in [-0.39, 0.29) is 18.2 Å². The highest BCUT2D eigenvalue weighted by Crippen LogP contribution is 2.50. The number of hydrogen-bond acceptors (Lipinski definition) is 5. The monoisotopic (exact) mass is 423 g/mol. The molecule has 0 aliphatic carbocycles. The Morgan fingerprint density at radius 3 is 2.67 bits per heavy atom. The van der Waals surface area contributed by atoms with Crippen LogP contribution in [0.1, 0.15) is 31.9 Å². The van der Waals surface area contributed by atoms with Gasteiger partial charge < -0.3 is 19.6 Å². The van der Waals surface area contributed by atoms with Gasteiger partial charge in [-0.05, 0) is 23.8 Å². The van der Waals surface area contributed by atoms with E-state index < -0.39 is 40.5 Å². The second-order valence-corrected chi connectivity index (χ2v) is 8.04. The van der Waals surface area contributed by atoms with E-state index in [4.69, 9.17) is 21.1 Å². The number of aliphatic hydroxyl groups is 1. The van der Waals surface area contributed by atoms with Crippen LogP contribution in [0, 0.1) is 5.92 Å². The van der Waals surface area contributed by atoms with Gasteiger partial charge in [-0.1, -0.05) is 25.4 Å². The van der Waals surface area contributed by atoms with E-state index in [1.807, 2.05) is 0 Å². The fourth-order valence-corrected chi connectivity index (χ4v) is 4.35. The predicted molar refractivity (Wildman–Crippen MR) is 95.8 cm³/mol. The third kappa shape index (κ3) is 3.43. The molecule has 2 unspecified atom stereocenters. The van der Waals surface area contributed by atoms with E-state index in [9.17, 15) is 23.1 Å². The Balaban J connectivity index is 2.29. The Morgan fingerprint density at radius 2 is 2.11 bits per heavy atom. The van der Waals surface area contributed by atoms with Crippen LogP contribution in [0.3, 0.4) is 0 Å². The van der Waals surface area contributed by atoms with Gasteiger partial charge in [0.05, 0.1) is 21.8 Å². The lowest BCUT2D eigenvalue weighted by molar-refractivity contribution is -0.273. The van der Waals surface area contributed by atoms with Gasteiger partial charge in [0.25, 0.3) is 0 Å². The van der Waals surface area contributed by atoms with Crippen molar-refractivity contribution >= 4 is 33.2 Å². The van der Waals surface area contributed by atoms with Crippen LogP contribution in [0.15, 0.2) is 28.3 Å². The van der Waals surface area contributed by atoms with Gasteiger partial charge in [0.15, 0.2) is 5.60 Å². The lowest BCUT2D eigenvalue weighted by Gasteiger charge is -2.38. The highest BCUT2D eigenvalue weighted by molar-refractivity contribution is 7.17. The van der Waals surface area contributed by atoms with Gasteiger partial charge in [-0.3, -0.25) is 4.79 Å². The molecule has 2 atom stereocenters. The molecule has 0 fully saturated rings. The van der Waals surface area contributed by atoms with Gasteiger partial charge in [0.1, 0.15) is 17.0 Å². The van der Waals surface area contributed by atoms with Crippen molar-refractivity contribution in [3.8, 4) is 0 Å². The maximum absolute atomic E-state index is 14.0. The van der Waals surface area contributed by atoms with Gasteiger partial charge in [0.2, 0.25) is 12.2 Å². The van der Waals surface area contributed by atoms with Crippen LogP contribution < -0.4 is 5.43 Å². The third-order valence-corrected chi connectivity index (χ3v) is 5.62. The molecule has 10 heteroatoms. The van der Waals surface area contributed by atoms with Crippen molar-refractivity contribution in [1.82, 2.24) is 4.98 Å². The Bertz CT molecular complexity index is 936. The number of alkyl halides is 3. The van der Waals surface area contributed by atoms with Gasteiger partial charge in [-0.15, -0.1) is 11.3 Å². The SMILES string of the molecule is CC(C)CC(O)(C(C1=COCO1)c1[nH]c2ccsc2c(=O)c1Cl)C(F)(F)F. The molecule has 2 aromatic rings. The number of hydrogen-bond donors (Lipinski definition) is 2. The van der Waals surface area contributed by atoms with Crippen molar-refractivity contribution in [2.75, 3.05) is 6.79 Å². The molecule has 0 bridgehead atoms. The van der Waals surface area contributed by atoms with Crippen molar-refractivity contribution in [3.63, 3.8) is 0 Å². The average Bonchev–Trinajstić information content (AvgIpc) is 3.22. The second kappa shape index (κ2) is 7.03. The van der Waals surface area contributed by atoms with Crippen molar-refractivity contribution < 1.29 is 27.8 Å². The zero-order valence-corrected chi connectivity index (χ0v) is 16.0. The first kappa shape index (κ1) is 20.0. The summed E-state index contributed by atoms with van der Waals surface area (Å²) >= 11 is 7.28. The quantitative estimate of drug-likeness (QED) is 0.742. The normalized spacial score (nSPS) is 18.1. The molecular weight excluding hydrogens is 407 g/mol. The molecule has 148 valence electrons. The van der Waals surface area contributed by atoms with Gasteiger partial charge in [-0.2, -0.15) is 13.2 Å². The molecule has 0 saturated carbocycles. The number of aromatic amines is 1. The summed E-state index contributed by atoms with van der Waals surface area (Å²) in [5, 5.41) is 12.1. The van der Waals surface area contributed by atoms with Crippen LogP contribution in [0.4, 0.5) is 13.2 Å². The highest BCUT2D eigenvalue weighted by atomic mass is 35.5. The van der Waals surface area contributed by atoms with E-state index in [1.54, 1.807) is 25.3 Å². The Labute approximate surface area is 161 Å². The summed E-state index contributed by atoms with van der Waals surface area (Å²) in [5.41, 5.74) is -3.75. The number of fused-ring (bicyclic) bond motifs is 1. The molecule has 0 saturated heterocycles. The van der Waals surface area contributed by atoms with Gasteiger partial charge >= 0.3 is 6.18 Å². The predicted octanol–water partition coefficient (Wildman–Crippen LogP) is 4.51. The molecule has 1 aliphatic heterocycles. The molecule has 0 amide bonds. The molecule has 0 aromatic carbocycles. The number of thiophene rings is 1. The first-order valence-corrected chi connectivity index (χ1v) is 9.34. The summed E-state index contributed by atoms with van der Waals surface area (Å²) in [6.07, 6.45) is -4.63. The fourth-order valence-electron chi connectivity index (χ4n) is 3.24. The van der Waals surface area contributed by atoms with Crippen molar-refractivity contribution in [2.24, 2.45) is 5.92 Å². The van der Waals surface area contributed by atoms with E-state index in [2.05, 4.69) is 4.98 Å². The minimum Gasteiger partial charge on any atom is -0.462 e. The molecule has 1 aliphatic rings. The van der Waals surface area contributed by atoms with Crippen LogP contribution in [-0.4, -0.2) is 28.7 Å². The standard InChI is InChI=1S/C17H17ClF3NO4S/c1-8(2)5-16(24,17(19,20)21)11(10-6-25-7-26-10)13-12(18)14(23)15-9(22-13)3-4-27-15/h3-4,6,8,11,24H,5,7H2,1-2H3,(H,22,23). The number of nitrogens with one attached hydrogen (secondary N) is 1. The summed E-state index contributed by atoms with van der Waals surface area (Å²) in [6, 6.07) is 1.56. The van der Waals surface area contributed by atoms with Gasteiger partial charge in [0, 0.05) is 0 Å². The Kier molecular flexibility index (Phi) is 5.22. The molecule has 27 heavy (non-hydrogen) atoms. The van der Waals surface area contributed by atoms with E-state index in [0.717, 1.165) is 17.6 Å². The largest absolute Gasteiger partial charge is 0.462 e. The average molecular weight is 424 g/mol. The molecule has 0 radical (unpaired) electrons. The Hall–Kier alpha value is -1.71. The molecule has 3 heterocycles. The highest BCUT2D eigenvalue weighted by Gasteiger charge is 2.61.